The molecule has 0 atom stereocenters. The van der Waals surface area contributed by atoms with Gasteiger partial charge in [0.05, 0.1) is 6.61 Å². The molecule has 0 aromatic heterocycles. The van der Waals surface area contributed by atoms with Crippen LogP contribution in [0.5, 0.6) is 5.75 Å². The summed E-state index contributed by atoms with van der Waals surface area (Å²) in [6.07, 6.45) is 4.76. The average molecular weight is 325 g/mol. The van der Waals surface area contributed by atoms with E-state index in [1.807, 2.05) is 0 Å². The Morgan fingerprint density at radius 2 is 1.62 bits per heavy atom. The molecule has 0 radical (unpaired) electrons. The molecule has 112 valence electrons. The Balaban J connectivity index is 0.00000220. The molecule has 0 spiro atoms. The van der Waals surface area contributed by atoms with Gasteiger partial charge in [0.25, 0.3) is 0 Å². The summed E-state index contributed by atoms with van der Waals surface area (Å²) in [4.78, 5) is 2.42. The number of likely N-dealkylation sites (tertiary alicyclic amines) is 1. The first kappa shape index (κ1) is 19.5. The Hall–Kier alpha value is 0.471. The van der Waals surface area contributed by atoms with Crippen molar-refractivity contribution in [1.82, 2.24) is 4.90 Å². The van der Waals surface area contributed by atoms with Crippen LogP contribution >= 0.6 is 0 Å². The summed E-state index contributed by atoms with van der Waals surface area (Å²) in [5.41, 5.74) is -0.578. The van der Waals surface area contributed by atoms with Gasteiger partial charge in [-0.2, -0.15) is 0 Å². The van der Waals surface area contributed by atoms with Gasteiger partial charge >= 0.3 is 58.4 Å². The van der Waals surface area contributed by atoms with Gasteiger partial charge < -0.3 is 22.6 Å². The Labute approximate surface area is 166 Å². The van der Waals surface area contributed by atoms with E-state index in [9.17, 15) is 12.9 Å². The van der Waals surface area contributed by atoms with Crippen LogP contribution < -0.4 is 61.6 Å². The molecule has 1 aliphatic heterocycles. The molecule has 0 aliphatic carbocycles. The molecule has 1 fully saturated rings. The summed E-state index contributed by atoms with van der Waals surface area (Å²) in [7, 11) is 0. The first-order chi connectivity index (χ1) is 9.55. The number of benzene rings is 1. The number of rotatable bonds is 6. The molecule has 21 heavy (non-hydrogen) atoms. The topological polar surface area (TPSA) is 12.5 Å². The van der Waals surface area contributed by atoms with Crippen molar-refractivity contribution in [2.75, 3.05) is 26.2 Å². The number of piperidine rings is 1. The molecule has 1 saturated heterocycles. The van der Waals surface area contributed by atoms with Crippen LogP contribution in [0.15, 0.2) is 24.3 Å². The van der Waals surface area contributed by atoms with Crippen LogP contribution in [-0.4, -0.2) is 38.1 Å². The van der Waals surface area contributed by atoms with Crippen LogP contribution in [0.3, 0.4) is 0 Å². The van der Waals surface area contributed by atoms with Crippen LogP contribution in [-0.2, 0) is 0 Å². The van der Waals surface area contributed by atoms with Gasteiger partial charge in [-0.1, -0.05) is 18.6 Å². The second-order valence-corrected chi connectivity index (χ2v) is 5.25. The number of nitrogens with zero attached hydrogens (tertiary/aromatic N) is 1. The Kier molecular flexibility index (Phi) is 8.90. The maximum Gasteiger partial charge on any atom is 1.00 e. The minimum Gasteiger partial charge on any atom is -0.494 e. The Bertz CT molecular complexity index is 408. The molecule has 1 heterocycles. The number of ether oxygens (including phenoxy) is 1. The zero-order valence-electron chi connectivity index (χ0n) is 12.5. The standard InChI is InChI=1S/C14H20BF3NO.K/c16-15(17,18)13-5-7-14(8-6-13)20-12-4-11-19-9-2-1-3-10-19;/h5-8H,1-4,9-12H2;/q-1;+1. The smallest absolute Gasteiger partial charge is 0.494 e. The largest absolute Gasteiger partial charge is 1.00 e. The van der Waals surface area contributed by atoms with E-state index in [-0.39, 0.29) is 51.4 Å². The molecule has 0 unspecified atom stereocenters. The summed E-state index contributed by atoms with van der Waals surface area (Å²) in [6.45, 7) is -1.05. The van der Waals surface area contributed by atoms with E-state index < -0.39 is 12.4 Å². The number of hydrogen-bond donors (Lipinski definition) is 0. The third kappa shape index (κ3) is 7.05. The summed E-state index contributed by atoms with van der Waals surface area (Å²) < 4.78 is 42.8. The van der Waals surface area contributed by atoms with Gasteiger partial charge in [-0.25, -0.2) is 0 Å². The van der Waals surface area contributed by atoms with Gasteiger partial charge in [-0.05, 0) is 44.5 Å². The van der Waals surface area contributed by atoms with E-state index >= 15 is 0 Å². The van der Waals surface area contributed by atoms with Gasteiger partial charge in [0, 0.05) is 6.54 Å². The molecule has 7 heteroatoms. The van der Waals surface area contributed by atoms with Crippen molar-refractivity contribution < 1.29 is 69.1 Å². The third-order valence-corrected chi connectivity index (χ3v) is 3.59. The predicted molar refractivity (Wildman–Crippen MR) is 75.6 cm³/mol. The first-order valence-electron chi connectivity index (χ1n) is 7.21. The minimum absolute atomic E-state index is 0. The van der Waals surface area contributed by atoms with Crippen molar-refractivity contribution in [3.63, 3.8) is 0 Å². The normalized spacial score (nSPS) is 16.3. The van der Waals surface area contributed by atoms with E-state index in [0.29, 0.717) is 12.4 Å². The van der Waals surface area contributed by atoms with Gasteiger partial charge in [0.15, 0.2) is 0 Å². The molecule has 1 aliphatic rings. The summed E-state index contributed by atoms with van der Waals surface area (Å²) in [5, 5.41) is 0. The summed E-state index contributed by atoms with van der Waals surface area (Å²) >= 11 is 0. The van der Waals surface area contributed by atoms with Gasteiger partial charge in [-0.15, -0.1) is 5.46 Å². The minimum atomic E-state index is -4.91. The Morgan fingerprint density at radius 3 is 2.19 bits per heavy atom. The van der Waals surface area contributed by atoms with Crippen LogP contribution in [0.2, 0.25) is 0 Å². The fourth-order valence-electron chi connectivity index (χ4n) is 2.44. The second-order valence-electron chi connectivity index (χ2n) is 5.25. The fourth-order valence-corrected chi connectivity index (χ4v) is 2.44. The number of hydrogen-bond acceptors (Lipinski definition) is 2. The predicted octanol–water partition coefficient (Wildman–Crippen LogP) is -0.000200. The van der Waals surface area contributed by atoms with Crippen LogP contribution in [0.4, 0.5) is 12.9 Å². The van der Waals surface area contributed by atoms with Gasteiger partial charge in [0.1, 0.15) is 5.75 Å². The average Bonchev–Trinajstić information content (AvgIpc) is 2.44. The molecular formula is C14H20BF3KNO. The number of halogens is 3. The molecule has 0 bridgehead atoms. The van der Waals surface area contributed by atoms with E-state index in [4.69, 9.17) is 4.74 Å². The molecule has 1 aromatic carbocycles. The zero-order valence-corrected chi connectivity index (χ0v) is 15.7. The Morgan fingerprint density at radius 1 is 1.00 bits per heavy atom. The second kappa shape index (κ2) is 9.57. The van der Waals surface area contributed by atoms with Crippen LogP contribution in [0, 0.1) is 0 Å². The van der Waals surface area contributed by atoms with Gasteiger partial charge in [0.2, 0.25) is 0 Å². The van der Waals surface area contributed by atoms with Crippen molar-refractivity contribution in [3.05, 3.63) is 24.3 Å². The molecule has 2 nitrogen and oxygen atoms in total. The summed E-state index contributed by atoms with van der Waals surface area (Å²) in [5.74, 6) is 0.507. The van der Waals surface area contributed by atoms with Crippen molar-refractivity contribution in [3.8, 4) is 5.75 Å². The molecule has 0 amide bonds. The quantitative estimate of drug-likeness (QED) is 0.539. The maximum absolute atomic E-state index is 12.4. The van der Waals surface area contributed by atoms with Crippen molar-refractivity contribution in [2.45, 2.75) is 25.7 Å². The monoisotopic (exact) mass is 325 g/mol. The molecule has 2 rings (SSSR count). The molecule has 0 saturated carbocycles. The van der Waals surface area contributed by atoms with Crippen molar-refractivity contribution >= 4 is 12.4 Å². The molecule has 0 N–H and O–H groups in total. The SMILES string of the molecule is F[B-](F)(F)c1ccc(OCCCN2CCCCC2)cc1.[K+]. The van der Waals surface area contributed by atoms with E-state index in [1.165, 1.54) is 31.4 Å². The molecule has 1 aromatic rings. The first-order valence-corrected chi connectivity index (χ1v) is 7.21. The molecular weight excluding hydrogens is 305 g/mol. The van der Waals surface area contributed by atoms with Gasteiger partial charge in [-0.3, -0.25) is 0 Å². The van der Waals surface area contributed by atoms with E-state index in [2.05, 4.69) is 4.90 Å². The van der Waals surface area contributed by atoms with Crippen LogP contribution in [0.1, 0.15) is 25.7 Å². The van der Waals surface area contributed by atoms with Crippen LogP contribution in [0.25, 0.3) is 0 Å². The van der Waals surface area contributed by atoms with Crippen molar-refractivity contribution in [2.24, 2.45) is 0 Å². The zero-order chi connectivity index (χ0) is 14.4. The summed E-state index contributed by atoms with van der Waals surface area (Å²) in [6, 6.07) is 4.96. The van der Waals surface area contributed by atoms with E-state index in [0.717, 1.165) is 38.2 Å². The third-order valence-electron chi connectivity index (χ3n) is 3.59. The van der Waals surface area contributed by atoms with E-state index in [1.54, 1.807) is 0 Å². The fraction of sp³-hybridized carbons (Fsp3) is 0.571. The van der Waals surface area contributed by atoms with Crippen molar-refractivity contribution in [1.29, 1.82) is 0 Å². The maximum atomic E-state index is 12.4.